The summed E-state index contributed by atoms with van der Waals surface area (Å²) in [5.41, 5.74) is 1.88. The van der Waals surface area contributed by atoms with Crippen LogP contribution in [0, 0.1) is 29.6 Å². The predicted octanol–water partition coefficient (Wildman–Crippen LogP) is 2.48. The van der Waals surface area contributed by atoms with Crippen LogP contribution in [0.5, 0.6) is 5.75 Å². The van der Waals surface area contributed by atoms with E-state index >= 15 is 0 Å². The molecule has 0 aliphatic rings. The fourth-order valence-electron chi connectivity index (χ4n) is 2.10. The smallest absolute Gasteiger partial charge is 0.263 e. The molecule has 6 nitrogen and oxygen atoms in total. The zero-order valence-corrected chi connectivity index (χ0v) is 14.2. The third-order valence-electron chi connectivity index (χ3n) is 3.27. The Kier molecular flexibility index (Phi) is 7.87. The van der Waals surface area contributed by atoms with Crippen LogP contribution in [0.3, 0.4) is 0 Å². The average Bonchev–Trinajstić information content (AvgIpc) is 2.56. The summed E-state index contributed by atoms with van der Waals surface area (Å²) in [5, 5.41) is 23.2. The molecule has 0 saturated carbocycles. The summed E-state index contributed by atoms with van der Waals surface area (Å²) in [6, 6.07) is 9.30. The van der Waals surface area contributed by atoms with Crippen LogP contribution in [-0.4, -0.2) is 19.1 Å². The average molecular weight is 326 g/mol. The molecule has 0 aromatic heterocycles. The van der Waals surface area contributed by atoms with Gasteiger partial charge in [0.05, 0.1) is 25.1 Å². The Morgan fingerprint density at radius 2 is 2.17 bits per heavy atom. The highest BCUT2D eigenvalue weighted by atomic mass is 16.5. The minimum absolute atomic E-state index is 0.0367. The van der Waals surface area contributed by atoms with Crippen molar-refractivity contribution in [3.8, 4) is 17.9 Å². The van der Waals surface area contributed by atoms with E-state index in [4.69, 9.17) is 15.3 Å². The van der Waals surface area contributed by atoms with Crippen LogP contribution in [0.2, 0.25) is 0 Å². The van der Waals surface area contributed by atoms with Crippen molar-refractivity contribution in [3.05, 3.63) is 41.1 Å². The largest absolute Gasteiger partial charge is 0.494 e. The third-order valence-corrected chi connectivity index (χ3v) is 3.27. The lowest BCUT2D eigenvalue weighted by Crippen LogP contribution is -2.29. The fraction of sp³-hybridized carbons (Fsp3) is 0.389. The second kappa shape index (κ2) is 9.91. The lowest BCUT2D eigenvalue weighted by molar-refractivity contribution is -0.117. The van der Waals surface area contributed by atoms with E-state index in [-0.39, 0.29) is 11.6 Å². The van der Waals surface area contributed by atoms with Gasteiger partial charge in [-0.15, -0.1) is 0 Å². The maximum atomic E-state index is 12.2. The van der Waals surface area contributed by atoms with E-state index in [9.17, 15) is 4.79 Å². The first-order valence-corrected chi connectivity index (χ1v) is 7.78. The van der Waals surface area contributed by atoms with Gasteiger partial charge in [-0.3, -0.25) is 4.79 Å². The van der Waals surface area contributed by atoms with Crippen LogP contribution in [0.25, 0.3) is 0 Å². The molecule has 126 valence electrons. The summed E-state index contributed by atoms with van der Waals surface area (Å²) in [4.78, 5) is 12.2. The van der Waals surface area contributed by atoms with E-state index in [2.05, 4.69) is 10.6 Å². The molecular weight excluding hydrogens is 304 g/mol. The number of hydrogen-bond donors (Lipinski definition) is 2. The third kappa shape index (κ3) is 5.66. The number of rotatable bonds is 8. The van der Waals surface area contributed by atoms with Gasteiger partial charge in [-0.25, -0.2) is 0 Å². The van der Waals surface area contributed by atoms with Crippen LogP contribution in [-0.2, 0) is 4.79 Å². The number of ether oxygens (including phenoxy) is 1. The molecule has 6 heteroatoms. The Hall–Kier alpha value is -2.99. The summed E-state index contributed by atoms with van der Waals surface area (Å²) in [6.45, 7) is 6.62. The van der Waals surface area contributed by atoms with E-state index in [1.165, 1.54) is 6.20 Å². The normalized spacial score (nSPS) is 11.8. The van der Waals surface area contributed by atoms with Crippen molar-refractivity contribution in [2.75, 3.05) is 13.2 Å². The van der Waals surface area contributed by atoms with Crippen LogP contribution in [0.1, 0.15) is 37.4 Å². The number of carbonyl (C=O) groups is 1. The minimum atomic E-state index is -0.474. The van der Waals surface area contributed by atoms with Gasteiger partial charge in [0.2, 0.25) is 0 Å². The minimum Gasteiger partial charge on any atom is -0.494 e. The van der Waals surface area contributed by atoms with E-state index in [0.717, 1.165) is 11.1 Å². The van der Waals surface area contributed by atoms with E-state index in [0.29, 0.717) is 25.3 Å². The molecule has 0 saturated heterocycles. The molecule has 0 radical (unpaired) electrons. The number of aryl methyl sites for hydroxylation is 1. The Labute approximate surface area is 142 Å². The molecule has 0 spiro atoms. The molecule has 0 aliphatic heterocycles. The first-order chi connectivity index (χ1) is 11.5. The monoisotopic (exact) mass is 326 g/mol. The molecular formula is C18H22N4O2. The number of nitrogens with one attached hydrogen (secondary N) is 2. The van der Waals surface area contributed by atoms with Crippen molar-refractivity contribution in [3.63, 3.8) is 0 Å². The van der Waals surface area contributed by atoms with Gasteiger partial charge in [-0.1, -0.05) is 17.7 Å². The highest BCUT2D eigenvalue weighted by Crippen LogP contribution is 2.26. The number of hydrogen-bond acceptors (Lipinski definition) is 5. The number of nitriles is 2. The highest BCUT2D eigenvalue weighted by Gasteiger charge is 2.17. The molecule has 1 rings (SSSR count). The molecule has 1 unspecified atom stereocenters. The second-order valence-corrected chi connectivity index (χ2v) is 5.20. The zero-order chi connectivity index (χ0) is 17.9. The Bertz CT molecular complexity index is 683. The van der Waals surface area contributed by atoms with Crippen molar-refractivity contribution in [1.82, 2.24) is 10.6 Å². The van der Waals surface area contributed by atoms with Gasteiger partial charge < -0.3 is 15.4 Å². The molecule has 1 atom stereocenters. The first kappa shape index (κ1) is 19.1. The number of amides is 1. The molecule has 0 aliphatic carbocycles. The van der Waals surface area contributed by atoms with Crippen LogP contribution < -0.4 is 15.4 Å². The molecule has 0 heterocycles. The fourth-order valence-corrected chi connectivity index (χ4v) is 2.10. The maximum absolute atomic E-state index is 12.2. The van der Waals surface area contributed by atoms with Gasteiger partial charge in [-0.05, 0) is 26.8 Å². The Balaban J connectivity index is 2.84. The summed E-state index contributed by atoms with van der Waals surface area (Å²) in [7, 11) is 0. The number of benzene rings is 1. The topological polar surface area (TPSA) is 97.9 Å². The Morgan fingerprint density at radius 1 is 1.42 bits per heavy atom. The van der Waals surface area contributed by atoms with Gasteiger partial charge in [0.1, 0.15) is 17.4 Å². The van der Waals surface area contributed by atoms with Crippen LogP contribution >= 0.6 is 0 Å². The summed E-state index contributed by atoms with van der Waals surface area (Å²) in [5.74, 6) is 0.240. The van der Waals surface area contributed by atoms with Crippen molar-refractivity contribution in [2.45, 2.75) is 33.2 Å². The van der Waals surface area contributed by atoms with Gasteiger partial charge in [0.25, 0.3) is 5.91 Å². The van der Waals surface area contributed by atoms with Gasteiger partial charge >= 0.3 is 0 Å². The molecule has 1 aromatic rings. The van der Waals surface area contributed by atoms with Crippen molar-refractivity contribution in [1.29, 1.82) is 10.5 Å². The highest BCUT2D eigenvalue weighted by molar-refractivity contribution is 5.97. The van der Waals surface area contributed by atoms with Crippen LogP contribution in [0.4, 0.5) is 0 Å². The molecule has 1 amide bonds. The number of carbonyl (C=O) groups excluding carboxylic acids is 1. The lowest BCUT2D eigenvalue weighted by atomic mass is 10.0. The van der Waals surface area contributed by atoms with Crippen molar-refractivity contribution < 1.29 is 9.53 Å². The van der Waals surface area contributed by atoms with E-state index in [1.54, 1.807) is 0 Å². The lowest BCUT2D eigenvalue weighted by Gasteiger charge is -2.18. The quantitative estimate of drug-likeness (QED) is 0.434. The van der Waals surface area contributed by atoms with Crippen molar-refractivity contribution in [2.24, 2.45) is 0 Å². The summed E-state index contributed by atoms with van der Waals surface area (Å²) in [6.07, 6.45) is 1.63. The maximum Gasteiger partial charge on any atom is 0.263 e. The second-order valence-electron chi connectivity index (χ2n) is 5.20. The molecule has 1 aromatic carbocycles. The van der Waals surface area contributed by atoms with Crippen LogP contribution in [0.15, 0.2) is 30.0 Å². The zero-order valence-electron chi connectivity index (χ0n) is 14.2. The predicted molar refractivity (Wildman–Crippen MR) is 90.8 cm³/mol. The van der Waals surface area contributed by atoms with Gasteiger partial charge in [0.15, 0.2) is 0 Å². The van der Waals surface area contributed by atoms with Crippen molar-refractivity contribution >= 4 is 5.91 Å². The van der Waals surface area contributed by atoms with E-state index < -0.39 is 5.91 Å². The molecule has 2 N–H and O–H groups in total. The molecule has 24 heavy (non-hydrogen) atoms. The van der Waals surface area contributed by atoms with Gasteiger partial charge in [0, 0.05) is 18.3 Å². The Morgan fingerprint density at radius 3 is 2.79 bits per heavy atom. The van der Waals surface area contributed by atoms with Gasteiger partial charge in [-0.2, -0.15) is 10.5 Å². The molecule has 0 bridgehead atoms. The summed E-state index contributed by atoms with van der Waals surface area (Å²) < 4.78 is 5.60. The number of nitrogens with zero attached hydrogens (tertiary/aromatic N) is 2. The molecule has 0 fully saturated rings. The van der Waals surface area contributed by atoms with E-state index in [1.807, 2.05) is 51.1 Å². The first-order valence-electron chi connectivity index (χ1n) is 7.78. The standard InChI is InChI=1S/C18H22N4O2/c1-4-24-17-7-6-13(2)10-16(17)14(3)22-18(23)15(11-20)12-21-9-5-8-19/h6-7,10,12,14,21H,4-5,9H2,1-3H3,(H,22,23)/b15-12-. The summed E-state index contributed by atoms with van der Waals surface area (Å²) >= 11 is 0. The SMILES string of the molecule is CCOc1ccc(C)cc1C(C)NC(=O)/C(C#N)=C\NCCC#N.